The second-order valence-corrected chi connectivity index (χ2v) is 4.85. The van der Waals surface area contributed by atoms with Crippen LogP contribution in [0.2, 0.25) is 0 Å². The van der Waals surface area contributed by atoms with Crippen LogP contribution >= 0.6 is 11.6 Å². The van der Waals surface area contributed by atoms with Crippen LogP contribution in [0.1, 0.15) is 26.3 Å². The molecule has 1 aromatic carbocycles. The van der Waals surface area contributed by atoms with E-state index in [0.717, 1.165) is 23.5 Å². The second-order valence-electron chi connectivity index (χ2n) is 4.10. The molecule has 0 aromatic heterocycles. The zero-order valence-corrected chi connectivity index (χ0v) is 11.0. The SMILES string of the molecule is COc1c(CC(C)Cl)cccc1OC(C)C. The molecule has 1 atom stereocenters. The summed E-state index contributed by atoms with van der Waals surface area (Å²) < 4.78 is 11.1. The van der Waals surface area contributed by atoms with Crippen LogP contribution in [0.3, 0.4) is 0 Å². The number of hydrogen-bond acceptors (Lipinski definition) is 2. The van der Waals surface area contributed by atoms with Crippen molar-refractivity contribution in [3.05, 3.63) is 23.8 Å². The Kier molecular flexibility index (Phi) is 4.94. The van der Waals surface area contributed by atoms with E-state index in [1.165, 1.54) is 0 Å². The van der Waals surface area contributed by atoms with Crippen molar-refractivity contribution >= 4 is 11.6 Å². The molecule has 1 rings (SSSR count). The van der Waals surface area contributed by atoms with E-state index in [-0.39, 0.29) is 11.5 Å². The second kappa shape index (κ2) is 6.00. The van der Waals surface area contributed by atoms with Crippen LogP contribution in [0.4, 0.5) is 0 Å². The van der Waals surface area contributed by atoms with Crippen LogP contribution in [0.25, 0.3) is 0 Å². The molecule has 0 spiro atoms. The van der Waals surface area contributed by atoms with Crippen molar-refractivity contribution in [2.45, 2.75) is 38.7 Å². The summed E-state index contributed by atoms with van der Waals surface area (Å²) in [5.74, 6) is 1.58. The van der Waals surface area contributed by atoms with Crippen LogP contribution in [0.15, 0.2) is 18.2 Å². The summed E-state index contributed by atoms with van der Waals surface area (Å²) in [6, 6.07) is 5.90. The van der Waals surface area contributed by atoms with Crippen molar-refractivity contribution in [1.29, 1.82) is 0 Å². The summed E-state index contributed by atoms with van der Waals surface area (Å²) in [5.41, 5.74) is 1.09. The Labute approximate surface area is 103 Å². The topological polar surface area (TPSA) is 18.5 Å². The fourth-order valence-corrected chi connectivity index (χ4v) is 1.77. The minimum Gasteiger partial charge on any atom is -0.493 e. The fraction of sp³-hybridized carbons (Fsp3) is 0.538. The predicted octanol–water partition coefficient (Wildman–Crippen LogP) is 3.65. The summed E-state index contributed by atoms with van der Waals surface area (Å²) in [5, 5.41) is 0.0863. The molecule has 0 saturated heterocycles. The van der Waals surface area contributed by atoms with Crippen molar-refractivity contribution in [2.75, 3.05) is 7.11 Å². The Balaban J connectivity index is 3.00. The highest BCUT2D eigenvalue weighted by Crippen LogP contribution is 2.32. The van der Waals surface area contributed by atoms with Gasteiger partial charge in [-0.3, -0.25) is 0 Å². The number of hydrogen-bond donors (Lipinski definition) is 0. The third kappa shape index (κ3) is 3.60. The van der Waals surface area contributed by atoms with E-state index in [2.05, 4.69) is 0 Å². The highest BCUT2D eigenvalue weighted by Gasteiger charge is 2.12. The molecule has 0 aliphatic rings. The van der Waals surface area contributed by atoms with Crippen LogP contribution < -0.4 is 9.47 Å². The molecule has 0 heterocycles. The first-order valence-corrected chi connectivity index (χ1v) is 5.94. The summed E-state index contributed by atoms with van der Waals surface area (Å²) in [7, 11) is 1.66. The molecule has 90 valence electrons. The Morgan fingerprint density at radius 1 is 1.25 bits per heavy atom. The first-order valence-electron chi connectivity index (χ1n) is 5.51. The van der Waals surface area contributed by atoms with Gasteiger partial charge in [-0.2, -0.15) is 0 Å². The molecule has 3 heteroatoms. The van der Waals surface area contributed by atoms with Crippen molar-refractivity contribution in [3.8, 4) is 11.5 Å². The molecule has 0 aliphatic carbocycles. The van der Waals surface area contributed by atoms with E-state index in [1.807, 2.05) is 39.0 Å². The molecule has 16 heavy (non-hydrogen) atoms. The summed E-state index contributed by atoms with van der Waals surface area (Å²) in [6.07, 6.45) is 0.914. The lowest BCUT2D eigenvalue weighted by atomic mass is 10.1. The molecule has 0 amide bonds. The average Bonchev–Trinajstić information content (AvgIpc) is 2.16. The highest BCUT2D eigenvalue weighted by atomic mass is 35.5. The number of ether oxygens (including phenoxy) is 2. The lowest BCUT2D eigenvalue weighted by molar-refractivity contribution is 0.229. The molecule has 1 aromatic rings. The zero-order chi connectivity index (χ0) is 12.1. The normalized spacial score (nSPS) is 12.6. The maximum atomic E-state index is 6.00. The van der Waals surface area contributed by atoms with Crippen molar-refractivity contribution in [2.24, 2.45) is 0 Å². The summed E-state index contributed by atoms with van der Waals surface area (Å²) >= 11 is 6.00. The van der Waals surface area contributed by atoms with Crippen LogP contribution in [0, 0.1) is 0 Å². The lowest BCUT2D eigenvalue weighted by Crippen LogP contribution is -2.08. The summed E-state index contributed by atoms with van der Waals surface area (Å²) in [6.45, 7) is 5.96. The molecule has 2 nitrogen and oxygen atoms in total. The van der Waals surface area contributed by atoms with Gasteiger partial charge in [0.1, 0.15) is 0 Å². The minimum absolute atomic E-state index is 0.0863. The van der Waals surface area contributed by atoms with Gasteiger partial charge in [-0.1, -0.05) is 12.1 Å². The average molecular weight is 243 g/mol. The molecular weight excluding hydrogens is 224 g/mol. The molecule has 0 bridgehead atoms. The predicted molar refractivity (Wildman–Crippen MR) is 67.8 cm³/mol. The molecule has 0 aliphatic heterocycles. The monoisotopic (exact) mass is 242 g/mol. The number of rotatable bonds is 5. The van der Waals surface area contributed by atoms with Gasteiger partial charge in [0.2, 0.25) is 0 Å². The Bertz CT molecular complexity index is 306. The standard InChI is InChI=1S/C13H19ClO2/c1-9(2)16-12-7-5-6-11(8-10(3)14)13(12)15-4/h5-7,9-10H,8H2,1-4H3. The van der Waals surface area contributed by atoms with Crippen LogP contribution in [-0.2, 0) is 6.42 Å². The molecular formula is C13H19ClO2. The fourth-order valence-electron chi connectivity index (χ4n) is 1.60. The Morgan fingerprint density at radius 2 is 1.94 bits per heavy atom. The largest absolute Gasteiger partial charge is 0.493 e. The lowest BCUT2D eigenvalue weighted by Gasteiger charge is -2.16. The van der Waals surface area contributed by atoms with Crippen molar-refractivity contribution in [1.82, 2.24) is 0 Å². The first-order chi connectivity index (χ1) is 7.54. The summed E-state index contributed by atoms with van der Waals surface area (Å²) in [4.78, 5) is 0. The van der Waals surface area contributed by atoms with Gasteiger partial charge in [0, 0.05) is 5.38 Å². The Hall–Kier alpha value is -0.890. The zero-order valence-electron chi connectivity index (χ0n) is 10.3. The number of alkyl halides is 1. The van der Waals surface area contributed by atoms with E-state index >= 15 is 0 Å². The number of para-hydroxylation sites is 1. The number of halogens is 1. The first kappa shape index (κ1) is 13.2. The van der Waals surface area contributed by atoms with Crippen molar-refractivity contribution in [3.63, 3.8) is 0 Å². The maximum Gasteiger partial charge on any atom is 0.163 e. The van der Waals surface area contributed by atoms with Gasteiger partial charge in [-0.25, -0.2) is 0 Å². The van der Waals surface area contributed by atoms with E-state index in [4.69, 9.17) is 21.1 Å². The van der Waals surface area contributed by atoms with Crippen molar-refractivity contribution < 1.29 is 9.47 Å². The smallest absolute Gasteiger partial charge is 0.163 e. The van der Waals surface area contributed by atoms with Gasteiger partial charge in [0.25, 0.3) is 0 Å². The van der Waals surface area contributed by atoms with Gasteiger partial charge >= 0.3 is 0 Å². The Morgan fingerprint density at radius 3 is 2.44 bits per heavy atom. The third-order valence-electron chi connectivity index (χ3n) is 2.13. The van der Waals surface area contributed by atoms with Gasteiger partial charge in [-0.15, -0.1) is 11.6 Å². The third-order valence-corrected chi connectivity index (χ3v) is 2.28. The van der Waals surface area contributed by atoms with E-state index in [1.54, 1.807) is 7.11 Å². The van der Waals surface area contributed by atoms with Gasteiger partial charge in [-0.05, 0) is 38.8 Å². The van der Waals surface area contributed by atoms with Gasteiger partial charge < -0.3 is 9.47 Å². The van der Waals surface area contributed by atoms with E-state index in [9.17, 15) is 0 Å². The highest BCUT2D eigenvalue weighted by molar-refractivity contribution is 6.20. The number of benzene rings is 1. The molecule has 0 N–H and O–H groups in total. The van der Waals surface area contributed by atoms with Crippen LogP contribution in [0.5, 0.6) is 11.5 Å². The quantitative estimate of drug-likeness (QED) is 0.734. The van der Waals surface area contributed by atoms with E-state index in [0.29, 0.717) is 0 Å². The van der Waals surface area contributed by atoms with Crippen LogP contribution in [-0.4, -0.2) is 18.6 Å². The number of methoxy groups -OCH3 is 1. The molecule has 0 fully saturated rings. The minimum atomic E-state index is 0.0863. The molecule has 1 unspecified atom stereocenters. The van der Waals surface area contributed by atoms with Gasteiger partial charge in [0.15, 0.2) is 11.5 Å². The molecule has 0 radical (unpaired) electrons. The van der Waals surface area contributed by atoms with E-state index < -0.39 is 0 Å². The molecule has 0 saturated carbocycles. The van der Waals surface area contributed by atoms with Gasteiger partial charge in [0.05, 0.1) is 13.2 Å². The maximum absolute atomic E-state index is 6.00.